The van der Waals surface area contributed by atoms with E-state index in [1.807, 2.05) is 42.5 Å². The van der Waals surface area contributed by atoms with Crippen molar-refractivity contribution in [1.29, 1.82) is 0 Å². The van der Waals surface area contributed by atoms with Crippen molar-refractivity contribution in [2.24, 2.45) is 7.05 Å². The van der Waals surface area contributed by atoms with E-state index < -0.39 is 17.3 Å². The van der Waals surface area contributed by atoms with E-state index in [2.05, 4.69) is 15.5 Å². The van der Waals surface area contributed by atoms with Crippen molar-refractivity contribution in [3.63, 3.8) is 0 Å². The lowest BCUT2D eigenvalue weighted by Crippen LogP contribution is -2.23. The first-order chi connectivity index (χ1) is 13.3. The molecular formula is C19H17F3N4OS. The summed E-state index contributed by atoms with van der Waals surface area (Å²) < 4.78 is 39.4. The number of rotatable bonds is 5. The number of carbonyl (C=O) groups excluding carboxylic acids is 1. The zero-order chi connectivity index (χ0) is 20.3. The number of nitrogens with zero attached hydrogens (tertiary/aromatic N) is 3. The van der Waals surface area contributed by atoms with Crippen LogP contribution in [0, 0.1) is 0 Å². The Hall–Kier alpha value is -2.81. The molecule has 3 rings (SSSR count). The van der Waals surface area contributed by atoms with Crippen molar-refractivity contribution < 1.29 is 18.0 Å². The minimum atomic E-state index is -4.60. The van der Waals surface area contributed by atoms with Crippen LogP contribution in [-0.4, -0.2) is 25.9 Å². The third kappa shape index (κ3) is 4.36. The van der Waals surface area contributed by atoms with Crippen LogP contribution in [0.25, 0.3) is 11.1 Å². The van der Waals surface area contributed by atoms with Crippen LogP contribution in [0.2, 0.25) is 0 Å². The second-order valence-corrected chi connectivity index (χ2v) is 7.33. The van der Waals surface area contributed by atoms with E-state index in [1.165, 1.54) is 7.05 Å². The van der Waals surface area contributed by atoms with Gasteiger partial charge in [0, 0.05) is 18.3 Å². The lowest BCUT2D eigenvalue weighted by atomic mass is 10.0. The van der Waals surface area contributed by atoms with Crippen LogP contribution >= 0.6 is 11.8 Å². The standard InChI is InChI=1S/C19H17F3N4OS/c1-12(28-18-25-24-17(26(18)2)19(20,21)22)16(27)23-15-11-7-6-10-14(15)13-8-4-3-5-9-13/h3-12H,1-2H3,(H,23,27)/t12-/m1/s1. The van der Waals surface area contributed by atoms with Gasteiger partial charge in [-0.3, -0.25) is 4.79 Å². The number of thioether (sulfide) groups is 1. The molecule has 3 aromatic rings. The molecule has 0 fully saturated rings. The fourth-order valence-electron chi connectivity index (χ4n) is 2.57. The minimum absolute atomic E-state index is 0.0197. The predicted molar refractivity (Wildman–Crippen MR) is 102 cm³/mol. The van der Waals surface area contributed by atoms with E-state index in [-0.39, 0.29) is 11.1 Å². The van der Waals surface area contributed by atoms with Gasteiger partial charge in [-0.05, 0) is 18.6 Å². The predicted octanol–water partition coefficient (Wildman–Crippen LogP) is 4.62. The van der Waals surface area contributed by atoms with Gasteiger partial charge in [0.15, 0.2) is 5.16 Å². The van der Waals surface area contributed by atoms with Crippen LogP contribution in [0.4, 0.5) is 18.9 Å². The summed E-state index contributed by atoms with van der Waals surface area (Å²) in [6.45, 7) is 1.60. The number of halogens is 3. The number of aromatic nitrogens is 3. The molecule has 0 saturated carbocycles. The highest BCUT2D eigenvalue weighted by atomic mass is 32.2. The van der Waals surface area contributed by atoms with Crippen LogP contribution < -0.4 is 5.32 Å². The van der Waals surface area contributed by atoms with Crippen LogP contribution in [0.1, 0.15) is 12.7 Å². The topological polar surface area (TPSA) is 59.8 Å². The Bertz CT molecular complexity index is 973. The lowest BCUT2D eigenvalue weighted by molar-refractivity contribution is -0.147. The summed E-state index contributed by atoms with van der Waals surface area (Å²) in [7, 11) is 1.22. The molecule has 5 nitrogen and oxygen atoms in total. The summed E-state index contributed by atoms with van der Waals surface area (Å²) in [6.07, 6.45) is -4.60. The van der Waals surface area contributed by atoms with Crippen molar-refractivity contribution in [3.8, 4) is 11.1 Å². The molecule has 1 N–H and O–H groups in total. The van der Waals surface area contributed by atoms with E-state index in [4.69, 9.17) is 0 Å². The molecule has 0 radical (unpaired) electrons. The summed E-state index contributed by atoms with van der Waals surface area (Å²) in [5.74, 6) is -1.44. The van der Waals surface area contributed by atoms with Gasteiger partial charge in [0.1, 0.15) is 0 Å². The van der Waals surface area contributed by atoms with E-state index in [9.17, 15) is 18.0 Å². The average molecular weight is 406 g/mol. The highest BCUT2D eigenvalue weighted by molar-refractivity contribution is 8.00. The molecular weight excluding hydrogens is 389 g/mol. The second-order valence-electron chi connectivity index (χ2n) is 6.02. The lowest BCUT2D eigenvalue weighted by Gasteiger charge is -2.15. The largest absolute Gasteiger partial charge is 0.451 e. The number of nitrogens with one attached hydrogen (secondary N) is 1. The molecule has 0 saturated heterocycles. The number of amides is 1. The normalized spacial score (nSPS) is 12.6. The molecule has 0 aliphatic carbocycles. The van der Waals surface area contributed by atoms with Crippen LogP contribution in [-0.2, 0) is 18.0 Å². The maximum absolute atomic E-state index is 12.8. The van der Waals surface area contributed by atoms with Crippen LogP contribution in [0.3, 0.4) is 0 Å². The fraction of sp³-hybridized carbons (Fsp3) is 0.211. The first kappa shape index (κ1) is 19.9. The van der Waals surface area contributed by atoms with E-state index in [1.54, 1.807) is 19.1 Å². The van der Waals surface area contributed by atoms with Crippen molar-refractivity contribution in [1.82, 2.24) is 14.8 Å². The quantitative estimate of drug-likeness (QED) is 0.628. The molecule has 1 aromatic heterocycles. The smallest absolute Gasteiger partial charge is 0.325 e. The zero-order valence-electron chi connectivity index (χ0n) is 15.1. The molecule has 9 heteroatoms. The van der Waals surface area contributed by atoms with Crippen LogP contribution in [0.5, 0.6) is 0 Å². The number of anilines is 1. The zero-order valence-corrected chi connectivity index (χ0v) is 15.9. The SMILES string of the molecule is C[C@@H](Sc1nnc(C(F)(F)F)n1C)C(=O)Nc1ccccc1-c1ccccc1. The van der Waals surface area contributed by atoms with Gasteiger partial charge in [-0.25, -0.2) is 0 Å². The van der Waals surface area contributed by atoms with Gasteiger partial charge < -0.3 is 9.88 Å². The number of hydrogen-bond acceptors (Lipinski definition) is 4. The maximum atomic E-state index is 12.8. The summed E-state index contributed by atoms with van der Waals surface area (Å²) in [6, 6.07) is 16.9. The van der Waals surface area contributed by atoms with Crippen molar-refractivity contribution in [2.75, 3.05) is 5.32 Å². The number of carbonyl (C=O) groups is 1. The fourth-order valence-corrected chi connectivity index (χ4v) is 3.39. The molecule has 0 aliphatic heterocycles. The van der Waals surface area contributed by atoms with E-state index in [0.717, 1.165) is 27.5 Å². The van der Waals surface area contributed by atoms with Crippen molar-refractivity contribution in [3.05, 3.63) is 60.4 Å². The van der Waals surface area contributed by atoms with Crippen molar-refractivity contribution in [2.45, 2.75) is 23.5 Å². The Morgan fingerprint density at radius 1 is 1.07 bits per heavy atom. The van der Waals surface area contributed by atoms with Gasteiger partial charge in [-0.15, -0.1) is 10.2 Å². The van der Waals surface area contributed by atoms with Gasteiger partial charge in [-0.1, -0.05) is 60.3 Å². The number of alkyl halides is 3. The highest BCUT2D eigenvalue weighted by Gasteiger charge is 2.37. The van der Waals surface area contributed by atoms with Crippen LogP contribution in [0.15, 0.2) is 59.8 Å². The summed E-state index contributed by atoms with van der Waals surface area (Å²) in [5.41, 5.74) is 2.42. The molecule has 0 bridgehead atoms. The molecule has 28 heavy (non-hydrogen) atoms. The molecule has 0 unspecified atom stereocenters. The first-order valence-corrected chi connectivity index (χ1v) is 9.24. The average Bonchev–Trinajstić information content (AvgIpc) is 3.03. The van der Waals surface area contributed by atoms with E-state index in [0.29, 0.717) is 5.69 Å². The molecule has 1 atom stereocenters. The van der Waals surface area contributed by atoms with Crippen molar-refractivity contribution >= 4 is 23.4 Å². The maximum Gasteiger partial charge on any atom is 0.451 e. The molecule has 1 heterocycles. The molecule has 1 amide bonds. The Labute approximate surface area is 164 Å². The number of para-hydroxylation sites is 1. The Morgan fingerprint density at radius 3 is 2.36 bits per heavy atom. The van der Waals surface area contributed by atoms with Gasteiger partial charge in [0.2, 0.25) is 11.7 Å². The highest BCUT2D eigenvalue weighted by Crippen LogP contribution is 2.32. The molecule has 0 spiro atoms. The van der Waals surface area contributed by atoms with Gasteiger partial charge in [0.05, 0.1) is 5.25 Å². The Balaban J connectivity index is 1.75. The molecule has 0 aliphatic rings. The Morgan fingerprint density at radius 2 is 1.71 bits per heavy atom. The third-order valence-corrected chi connectivity index (χ3v) is 5.14. The van der Waals surface area contributed by atoms with Gasteiger partial charge >= 0.3 is 6.18 Å². The summed E-state index contributed by atoms with van der Waals surface area (Å²) >= 11 is 0.913. The third-order valence-electron chi connectivity index (χ3n) is 4.01. The second kappa shape index (κ2) is 8.05. The molecule has 2 aromatic carbocycles. The first-order valence-electron chi connectivity index (χ1n) is 8.36. The molecule has 146 valence electrons. The Kier molecular flexibility index (Phi) is 5.73. The summed E-state index contributed by atoms with van der Waals surface area (Å²) in [5, 5.41) is 8.92. The monoisotopic (exact) mass is 406 g/mol. The number of hydrogen-bond donors (Lipinski definition) is 1. The van der Waals surface area contributed by atoms with E-state index >= 15 is 0 Å². The number of benzene rings is 2. The van der Waals surface area contributed by atoms with Gasteiger partial charge in [-0.2, -0.15) is 13.2 Å². The minimum Gasteiger partial charge on any atom is -0.325 e. The van der Waals surface area contributed by atoms with Gasteiger partial charge in [0.25, 0.3) is 0 Å². The summed E-state index contributed by atoms with van der Waals surface area (Å²) in [4.78, 5) is 12.6.